The van der Waals surface area contributed by atoms with Crippen LogP contribution in [0.15, 0.2) is 18.2 Å². The molecule has 0 atom stereocenters. The van der Waals surface area contributed by atoms with Gasteiger partial charge in [-0.2, -0.15) is 0 Å². The smallest absolute Gasteiger partial charge is 0.257 e. The Morgan fingerprint density at radius 3 is 2.71 bits per heavy atom. The lowest BCUT2D eigenvalue weighted by Crippen LogP contribution is -2.31. The second kappa shape index (κ2) is 8.26. The number of carbonyl (C=O) groups is 2. The first-order chi connectivity index (χ1) is 9.99. The summed E-state index contributed by atoms with van der Waals surface area (Å²) in [5, 5.41) is 2.53. The third kappa shape index (κ3) is 5.07. The number of nitrogens with two attached hydrogens (primary N) is 1. The SMILES string of the molecule is CNC(=O)CCN(C)C(=O)c1cc(C)ccc1OCCN. The highest BCUT2D eigenvalue weighted by atomic mass is 16.5. The normalized spacial score (nSPS) is 10.1. The van der Waals surface area contributed by atoms with Crippen molar-refractivity contribution in [2.24, 2.45) is 5.73 Å². The van der Waals surface area contributed by atoms with Gasteiger partial charge in [0.15, 0.2) is 0 Å². The molecule has 3 N–H and O–H groups in total. The molecule has 0 saturated heterocycles. The lowest BCUT2D eigenvalue weighted by molar-refractivity contribution is -0.120. The Bertz CT molecular complexity index is 503. The standard InChI is InChI=1S/C15H23N3O3/c1-11-4-5-13(21-9-7-16)12(10-11)15(20)18(3)8-6-14(19)17-2/h4-5,10H,6-9,16H2,1-3H3,(H,17,19). The van der Waals surface area contributed by atoms with Gasteiger partial charge < -0.3 is 20.7 Å². The lowest BCUT2D eigenvalue weighted by atomic mass is 10.1. The van der Waals surface area contributed by atoms with E-state index in [0.29, 0.717) is 31.0 Å². The van der Waals surface area contributed by atoms with E-state index in [1.807, 2.05) is 13.0 Å². The van der Waals surface area contributed by atoms with Crippen molar-refractivity contribution in [1.82, 2.24) is 10.2 Å². The first-order valence-electron chi connectivity index (χ1n) is 6.89. The number of nitrogens with one attached hydrogen (secondary N) is 1. The molecule has 116 valence electrons. The van der Waals surface area contributed by atoms with Crippen LogP contribution in [0.25, 0.3) is 0 Å². The number of aryl methyl sites for hydroxylation is 1. The van der Waals surface area contributed by atoms with Gasteiger partial charge in [-0.25, -0.2) is 0 Å². The van der Waals surface area contributed by atoms with Crippen LogP contribution in [-0.2, 0) is 4.79 Å². The molecule has 0 bridgehead atoms. The van der Waals surface area contributed by atoms with Gasteiger partial charge in [-0.05, 0) is 19.1 Å². The van der Waals surface area contributed by atoms with E-state index < -0.39 is 0 Å². The zero-order valence-corrected chi connectivity index (χ0v) is 12.8. The van der Waals surface area contributed by atoms with Crippen molar-refractivity contribution in [2.75, 3.05) is 33.8 Å². The monoisotopic (exact) mass is 293 g/mol. The number of carbonyl (C=O) groups excluding carboxylic acids is 2. The molecule has 21 heavy (non-hydrogen) atoms. The Balaban J connectivity index is 2.84. The zero-order valence-electron chi connectivity index (χ0n) is 12.8. The van der Waals surface area contributed by atoms with Crippen LogP contribution in [-0.4, -0.2) is 50.5 Å². The van der Waals surface area contributed by atoms with Crippen molar-refractivity contribution in [2.45, 2.75) is 13.3 Å². The zero-order chi connectivity index (χ0) is 15.8. The molecule has 2 amide bonds. The van der Waals surface area contributed by atoms with Gasteiger partial charge in [0, 0.05) is 33.6 Å². The van der Waals surface area contributed by atoms with Crippen molar-refractivity contribution in [3.05, 3.63) is 29.3 Å². The number of amides is 2. The van der Waals surface area contributed by atoms with Crippen molar-refractivity contribution in [3.8, 4) is 5.75 Å². The molecule has 0 unspecified atom stereocenters. The second-order valence-electron chi connectivity index (χ2n) is 4.79. The topological polar surface area (TPSA) is 84.7 Å². The van der Waals surface area contributed by atoms with E-state index >= 15 is 0 Å². The maximum atomic E-state index is 12.5. The quantitative estimate of drug-likeness (QED) is 0.768. The molecule has 0 saturated carbocycles. The molecule has 0 heterocycles. The maximum absolute atomic E-state index is 12.5. The highest BCUT2D eigenvalue weighted by Gasteiger charge is 2.17. The predicted molar refractivity (Wildman–Crippen MR) is 81.4 cm³/mol. The first-order valence-corrected chi connectivity index (χ1v) is 6.89. The summed E-state index contributed by atoms with van der Waals surface area (Å²) >= 11 is 0. The van der Waals surface area contributed by atoms with Crippen LogP contribution in [0.5, 0.6) is 5.75 Å². The van der Waals surface area contributed by atoms with E-state index in [9.17, 15) is 9.59 Å². The molecule has 0 spiro atoms. The summed E-state index contributed by atoms with van der Waals surface area (Å²) < 4.78 is 5.51. The largest absolute Gasteiger partial charge is 0.491 e. The summed E-state index contributed by atoms with van der Waals surface area (Å²) in [6.45, 7) is 3.00. The molecule has 6 heteroatoms. The molecule has 0 aromatic heterocycles. The summed E-state index contributed by atoms with van der Waals surface area (Å²) in [7, 11) is 3.24. The summed E-state index contributed by atoms with van der Waals surface area (Å²) in [6, 6.07) is 5.43. The minimum Gasteiger partial charge on any atom is -0.491 e. The molecular formula is C15H23N3O3. The Morgan fingerprint density at radius 1 is 1.38 bits per heavy atom. The van der Waals surface area contributed by atoms with E-state index in [0.717, 1.165) is 5.56 Å². The third-order valence-corrected chi connectivity index (χ3v) is 3.04. The van der Waals surface area contributed by atoms with Crippen molar-refractivity contribution >= 4 is 11.8 Å². The van der Waals surface area contributed by atoms with E-state index in [1.54, 1.807) is 26.2 Å². The molecule has 0 aliphatic carbocycles. The van der Waals surface area contributed by atoms with Gasteiger partial charge in [0.1, 0.15) is 12.4 Å². The van der Waals surface area contributed by atoms with Crippen molar-refractivity contribution in [1.29, 1.82) is 0 Å². The van der Waals surface area contributed by atoms with Crippen LogP contribution in [0.3, 0.4) is 0 Å². The Morgan fingerprint density at radius 2 is 2.10 bits per heavy atom. The fourth-order valence-electron chi connectivity index (χ4n) is 1.81. The molecule has 0 aliphatic heterocycles. The fraction of sp³-hybridized carbons (Fsp3) is 0.467. The summed E-state index contributed by atoms with van der Waals surface area (Å²) in [5.74, 6) is 0.246. The van der Waals surface area contributed by atoms with Gasteiger partial charge >= 0.3 is 0 Å². The van der Waals surface area contributed by atoms with Crippen molar-refractivity contribution < 1.29 is 14.3 Å². The number of benzene rings is 1. The minimum absolute atomic E-state index is 0.0986. The first kappa shape index (κ1) is 17.0. The lowest BCUT2D eigenvalue weighted by Gasteiger charge is -2.19. The minimum atomic E-state index is -0.172. The Labute approximate surface area is 125 Å². The van der Waals surface area contributed by atoms with Crippen LogP contribution in [0.1, 0.15) is 22.3 Å². The summed E-state index contributed by atoms with van der Waals surface area (Å²) in [5.41, 5.74) is 6.88. The third-order valence-electron chi connectivity index (χ3n) is 3.04. The molecule has 0 fully saturated rings. The highest BCUT2D eigenvalue weighted by Crippen LogP contribution is 2.21. The van der Waals surface area contributed by atoms with Gasteiger partial charge in [0.05, 0.1) is 5.56 Å². The molecular weight excluding hydrogens is 270 g/mol. The van der Waals surface area contributed by atoms with Gasteiger partial charge in [0.2, 0.25) is 5.91 Å². The van der Waals surface area contributed by atoms with Gasteiger partial charge in [-0.1, -0.05) is 11.6 Å². The van der Waals surface area contributed by atoms with Gasteiger partial charge in [0.25, 0.3) is 5.91 Å². The highest BCUT2D eigenvalue weighted by molar-refractivity contribution is 5.97. The Kier molecular flexibility index (Phi) is 6.68. The summed E-state index contributed by atoms with van der Waals surface area (Å²) in [4.78, 5) is 25.2. The Hall–Kier alpha value is -2.08. The van der Waals surface area contributed by atoms with Crippen LogP contribution < -0.4 is 15.8 Å². The molecule has 6 nitrogen and oxygen atoms in total. The van der Waals surface area contributed by atoms with Gasteiger partial charge in [-0.3, -0.25) is 9.59 Å². The maximum Gasteiger partial charge on any atom is 0.257 e. The predicted octanol–water partition coefficient (Wildman–Crippen LogP) is 0.541. The average Bonchev–Trinajstić information content (AvgIpc) is 2.50. The summed E-state index contributed by atoms with van der Waals surface area (Å²) in [6.07, 6.45) is 0.267. The molecule has 0 aliphatic rings. The van der Waals surface area contributed by atoms with Crippen LogP contribution in [0.2, 0.25) is 0 Å². The number of ether oxygens (including phenoxy) is 1. The number of hydrogen-bond donors (Lipinski definition) is 2. The van der Waals surface area contributed by atoms with Gasteiger partial charge in [-0.15, -0.1) is 0 Å². The number of nitrogens with zero attached hydrogens (tertiary/aromatic N) is 1. The molecule has 0 radical (unpaired) electrons. The molecule has 1 aromatic carbocycles. The number of hydrogen-bond acceptors (Lipinski definition) is 4. The molecule has 1 rings (SSSR count). The van der Waals surface area contributed by atoms with Crippen LogP contribution in [0.4, 0.5) is 0 Å². The molecule has 1 aromatic rings. The van der Waals surface area contributed by atoms with E-state index in [-0.39, 0.29) is 18.2 Å². The average molecular weight is 293 g/mol. The van der Waals surface area contributed by atoms with E-state index in [2.05, 4.69) is 5.32 Å². The fourth-order valence-corrected chi connectivity index (χ4v) is 1.81. The van der Waals surface area contributed by atoms with Crippen LogP contribution in [0, 0.1) is 6.92 Å². The van der Waals surface area contributed by atoms with Crippen LogP contribution >= 0.6 is 0 Å². The number of rotatable bonds is 7. The van der Waals surface area contributed by atoms with Crippen molar-refractivity contribution in [3.63, 3.8) is 0 Å². The van der Waals surface area contributed by atoms with E-state index in [1.165, 1.54) is 4.90 Å². The second-order valence-corrected chi connectivity index (χ2v) is 4.79. The van der Waals surface area contributed by atoms with E-state index in [4.69, 9.17) is 10.5 Å².